The first kappa shape index (κ1) is 20.6. The molecule has 1 aliphatic heterocycles. The number of fused-ring (bicyclic) bond motifs is 1. The van der Waals surface area contributed by atoms with Crippen molar-refractivity contribution in [3.05, 3.63) is 36.9 Å². The maximum atomic E-state index is 13.0. The van der Waals surface area contributed by atoms with E-state index in [1.807, 2.05) is 6.07 Å². The van der Waals surface area contributed by atoms with Crippen LogP contribution in [0.4, 0.5) is 20.4 Å². The molecule has 0 unspecified atom stereocenters. The Balaban J connectivity index is 1.33. The molecule has 8 nitrogen and oxygen atoms in total. The normalized spacial score (nSPS) is 18.8. The monoisotopic (exact) mass is 439 g/mol. The Morgan fingerprint density at radius 3 is 2.53 bits per heavy atom. The Kier molecular flexibility index (Phi) is 5.38. The van der Waals surface area contributed by atoms with Gasteiger partial charge in [-0.2, -0.15) is 0 Å². The zero-order chi connectivity index (χ0) is 22.1. The molecule has 0 bridgehead atoms. The minimum atomic E-state index is -2.74. The van der Waals surface area contributed by atoms with Crippen LogP contribution in [0.3, 0.4) is 0 Å². The minimum Gasteiger partial charge on any atom is -0.366 e. The first-order valence-corrected chi connectivity index (χ1v) is 10.7. The lowest BCUT2D eigenvalue weighted by molar-refractivity contribution is -0.145. The zero-order valence-electron chi connectivity index (χ0n) is 17.3. The number of nitrogens with zero attached hydrogens (tertiary/aromatic N) is 4. The van der Waals surface area contributed by atoms with Crippen molar-refractivity contribution in [2.24, 2.45) is 5.92 Å². The van der Waals surface area contributed by atoms with E-state index in [0.29, 0.717) is 29.1 Å². The van der Waals surface area contributed by atoms with E-state index in [1.54, 1.807) is 30.9 Å². The number of amides is 1. The van der Waals surface area contributed by atoms with Gasteiger partial charge in [-0.25, -0.2) is 18.7 Å². The Bertz CT molecular complexity index is 1140. The van der Waals surface area contributed by atoms with Crippen LogP contribution in [0.1, 0.15) is 25.7 Å². The third-order valence-corrected chi connectivity index (χ3v) is 5.90. The zero-order valence-corrected chi connectivity index (χ0v) is 17.3. The van der Waals surface area contributed by atoms with Gasteiger partial charge in [0.05, 0.1) is 18.1 Å². The molecule has 32 heavy (non-hydrogen) atoms. The van der Waals surface area contributed by atoms with E-state index in [2.05, 4.69) is 35.9 Å². The topological polar surface area (TPSA) is 105 Å². The number of halogens is 2. The van der Waals surface area contributed by atoms with Gasteiger partial charge in [-0.3, -0.25) is 14.8 Å². The lowest BCUT2D eigenvalue weighted by Crippen LogP contribution is -2.42. The molecule has 0 radical (unpaired) electrons. The van der Waals surface area contributed by atoms with Crippen molar-refractivity contribution < 1.29 is 13.6 Å². The number of alkyl halides is 2. The second-order valence-electron chi connectivity index (χ2n) is 8.39. The number of hydrogen-bond donors (Lipinski definition) is 3. The van der Waals surface area contributed by atoms with E-state index in [9.17, 15) is 13.6 Å². The summed E-state index contributed by atoms with van der Waals surface area (Å²) in [5.74, 6) is -2.82. The molecule has 1 saturated heterocycles. The van der Waals surface area contributed by atoms with Gasteiger partial charge in [-0.15, -0.1) is 0 Å². The first-order valence-electron chi connectivity index (χ1n) is 10.7. The fourth-order valence-electron chi connectivity index (χ4n) is 4.06. The summed E-state index contributed by atoms with van der Waals surface area (Å²) in [6.07, 6.45) is 7.86. The van der Waals surface area contributed by atoms with E-state index in [1.165, 1.54) is 0 Å². The van der Waals surface area contributed by atoms with Gasteiger partial charge in [-0.05, 0) is 43.5 Å². The molecular formula is C22H23F2N7O. The standard InChI is InChI=1S/C22H23F2N7O/c23-22(24)7-14(8-22)21(32)31-19-6-13-5-17(27-9-15(13)10-28-19)18-11-26-12-20(30-18)29-16-1-3-25-4-2-16/h5-6,9-12,14,16,25H,1-4,7-8H2,(H,29,30)(H,28,31,32). The molecule has 5 rings (SSSR count). The van der Waals surface area contributed by atoms with Crippen molar-refractivity contribution in [2.45, 2.75) is 37.6 Å². The average Bonchev–Trinajstić information content (AvgIpc) is 2.78. The van der Waals surface area contributed by atoms with Crippen LogP contribution in [0.15, 0.2) is 36.9 Å². The van der Waals surface area contributed by atoms with Gasteiger partial charge in [0.2, 0.25) is 11.8 Å². The minimum absolute atomic E-state index is 0.322. The van der Waals surface area contributed by atoms with Crippen molar-refractivity contribution in [1.82, 2.24) is 25.3 Å². The van der Waals surface area contributed by atoms with E-state index < -0.39 is 30.6 Å². The van der Waals surface area contributed by atoms with Gasteiger partial charge in [0.1, 0.15) is 17.3 Å². The number of nitrogens with one attached hydrogen (secondary N) is 3. The third kappa shape index (κ3) is 4.50. The lowest BCUT2D eigenvalue weighted by atomic mass is 9.81. The first-order chi connectivity index (χ1) is 15.4. The largest absolute Gasteiger partial charge is 0.366 e. The summed E-state index contributed by atoms with van der Waals surface area (Å²) in [5.41, 5.74) is 1.27. The van der Waals surface area contributed by atoms with Gasteiger partial charge < -0.3 is 16.0 Å². The fourth-order valence-corrected chi connectivity index (χ4v) is 4.06. The number of carbonyl (C=O) groups excluding carboxylic acids is 1. The summed E-state index contributed by atoms with van der Waals surface area (Å²) in [6.45, 7) is 1.96. The smallest absolute Gasteiger partial charge is 0.249 e. The van der Waals surface area contributed by atoms with Crippen molar-refractivity contribution >= 4 is 28.3 Å². The third-order valence-electron chi connectivity index (χ3n) is 5.90. The number of hydrogen-bond acceptors (Lipinski definition) is 7. The SMILES string of the molecule is O=C(Nc1cc2cc(-c3cncc(NC4CCNCC4)n3)ncc2cn1)C1CC(F)(F)C1. The second-order valence-corrected chi connectivity index (χ2v) is 8.39. The molecule has 0 atom stereocenters. The van der Waals surface area contributed by atoms with Gasteiger partial charge in [0.25, 0.3) is 0 Å². The Hall–Kier alpha value is -3.27. The molecule has 1 amide bonds. The van der Waals surface area contributed by atoms with Gasteiger partial charge in [-0.1, -0.05) is 0 Å². The predicted octanol–water partition coefficient (Wildman–Crippen LogP) is 3.23. The van der Waals surface area contributed by atoms with E-state index >= 15 is 0 Å². The molecule has 4 heterocycles. The van der Waals surface area contributed by atoms with Crippen molar-refractivity contribution in [3.63, 3.8) is 0 Å². The Morgan fingerprint density at radius 2 is 1.75 bits per heavy atom. The lowest BCUT2D eigenvalue weighted by Gasteiger charge is -2.33. The van der Waals surface area contributed by atoms with E-state index in [4.69, 9.17) is 0 Å². The van der Waals surface area contributed by atoms with Crippen molar-refractivity contribution in [2.75, 3.05) is 23.7 Å². The maximum absolute atomic E-state index is 13.0. The van der Waals surface area contributed by atoms with Crippen LogP contribution in [0.2, 0.25) is 0 Å². The number of pyridine rings is 2. The highest BCUT2D eigenvalue weighted by molar-refractivity contribution is 5.95. The van der Waals surface area contributed by atoms with Gasteiger partial charge in [0, 0.05) is 42.6 Å². The van der Waals surface area contributed by atoms with E-state index in [-0.39, 0.29) is 0 Å². The highest BCUT2D eigenvalue weighted by Gasteiger charge is 2.48. The molecule has 166 valence electrons. The van der Waals surface area contributed by atoms with Crippen LogP contribution in [0.25, 0.3) is 22.2 Å². The summed E-state index contributed by atoms with van der Waals surface area (Å²) in [7, 11) is 0. The van der Waals surface area contributed by atoms with Crippen LogP contribution in [0, 0.1) is 5.92 Å². The van der Waals surface area contributed by atoms with Crippen LogP contribution >= 0.6 is 0 Å². The maximum Gasteiger partial charge on any atom is 0.249 e. The summed E-state index contributed by atoms with van der Waals surface area (Å²) in [6, 6.07) is 3.92. The summed E-state index contributed by atoms with van der Waals surface area (Å²) < 4.78 is 26.1. The van der Waals surface area contributed by atoms with Crippen LogP contribution in [-0.4, -0.2) is 50.9 Å². The average molecular weight is 439 g/mol. The van der Waals surface area contributed by atoms with Crippen LogP contribution in [-0.2, 0) is 4.79 Å². The molecule has 1 saturated carbocycles. The Labute approximate surface area is 183 Å². The van der Waals surface area contributed by atoms with Crippen molar-refractivity contribution in [1.29, 1.82) is 0 Å². The Morgan fingerprint density at radius 1 is 0.969 bits per heavy atom. The van der Waals surface area contributed by atoms with Crippen LogP contribution in [0.5, 0.6) is 0 Å². The molecule has 0 aromatic carbocycles. The highest BCUT2D eigenvalue weighted by atomic mass is 19.3. The quantitative estimate of drug-likeness (QED) is 0.561. The molecule has 1 aliphatic carbocycles. The molecule has 3 aromatic heterocycles. The van der Waals surface area contributed by atoms with E-state index in [0.717, 1.165) is 36.7 Å². The second kappa shape index (κ2) is 8.34. The molecule has 2 fully saturated rings. The summed E-state index contributed by atoms with van der Waals surface area (Å²) in [5, 5.41) is 11.0. The number of anilines is 2. The predicted molar refractivity (Wildman–Crippen MR) is 116 cm³/mol. The molecule has 0 spiro atoms. The molecule has 3 N–H and O–H groups in total. The molecule has 10 heteroatoms. The summed E-state index contributed by atoms with van der Waals surface area (Å²) in [4.78, 5) is 29.8. The number of aromatic nitrogens is 4. The van der Waals surface area contributed by atoms with Crippen LogP contribution < -0.4 is 16.0 Å². The molecule has 2 aliphatic rings. The van der Waals surface area contributed by atoms with Gasteiger partial charge >= 0.3 is 0 Å². The number of rotatable bonds is 5. The van der Waals surface area contributed by atoms with Crippen molar-refractivity contribution in [3.8, 4) is 11.4 Å². The van der Waals surface area contributed by atoms with Gasteiger partial charge in [0.15, 0.2) is 0 Å². The highest BCUT2D eigenvalue weighted by Crippen LogP contribution is 2.42. The molecular weight excluding hydrogens is 416 g/mol. The number of carbonyl (C=O) groups is 1. The summed E-state index contributed by atoms with van der Waals surface area (Å²) >= 11 is 0. The number of piperidine rings is 1. The molecule has 3 aromatic rings. The fraction of sp³-hybridized carbons (Fsp3) is 0.409.